The molecule has 0 aromatic rings. The summed E-state index contributed by atoms with van der Waals surface area (Å²) in [5.41, 5.74) is 0. The van der Waals surface area contributed by atoms with E-state index in [2.05, 4.69) is 0 Å². The summed E-state index contributed by atoms with van der Waals surface area (Å²) < 4.78 is 0. The van der Waals surface area contributed by atoms with Crippen molar-refractivity contribution in [1.82, 2.24) is 0 Å². The number of rotatable bonds is 0. The minimum atomic E-state index is 0. The summed E-state index contributed by atoms with van der Waals surface area (Å²) in [4.78, 5) is 0. The van der Waals surface area contributed by atoms with E-state index in [9.17, 15) is 0 Å². The smallest absolute Gasteiger partial charge is 1.00 e. The molecule has 5 heavy (non-hydrogen) atoms. The first-order valence-electron chi connectivity index (χ1n) is 0. The Morgan fingerprint density at radius 1 is 1.20 bits per heavy atom. The predicted octanol–water partition coefficient (Wildman–Crippen LogP) is -0.544. The molecule has 0 aromatic heterocycles. The SMILES string of the molecule is [Al].[Cu].[H-].[H-].[Mg+2].[Mn].[Zn]. The zero-order chi connectivity index (χ0) is 0. The van der Waals surface area contributed by atoms with E-state index in [1.165, 1.54) is 0 Å². The van der Waals surface area contributed by atoms with Crippen molar-refractivity contribution in [3.8, 4) is 0 Å². The van der Waals surface area contributed by atoms with Crippen LogP contribution in [-0.2, 0) is 53.6 Å². The van der Waals surface area contributed by atoms with Crippen molar-refractivity contribution in [3.05, 3.63) is 0 Å². The van der Waals surface area contributed by atoms with Gasteiger partial charge in [0.2, 0.25) is 0 Å². The zero-order valence-electron chi connectivity index (χ0n) is 4.67. The van der Waals surface area contributed by atoms with Crippen molar-refractivity contribution in [2.24, 2.45) is 0 Å². The molecular formula is H2AlCuMgMnZn. The zero-order valence-corrected chi connectivity index (χ0v) is 10.3. The van der Waals surface area contributed by atoms with Gasteiger partial charge in [0.25, 0.3) is 0 Å². The molecule has 0 nitrogen and oxygen atoms in total. The normalized spacial score (nSPS) is 0. The van der Waals surface area contributed by atoms with Crippen LogP contribution in [0.1, 0.15) is 2.85 Å². The third-order valence-corrected chi connectivity index (χ3v) is 0. The summed E-state index contributed by atoms with van der Waals surface area (Å²) in [5.74, 6) is 0. The molecule has 0 atom stereocenters. The maximum atomic E-state index is 0. The van der Waals surface area contributed by atoms with Gasteiger partial charge in [-0.3, -0.25) is 0 Å². The van der Waals surface area contributed by atoms with Crippen LogP contribution in [0.4, 0.5) is 0 Å². The second-order valence-electron chi connectivity index (χ2n) is 0. The molecule has 0 rings (SSSR count). The monoisotopic (exact) mass is 235 g/mol. The van der Waals surface area contributed by atoms with Crippen LogP contribution in [-0.4, -0.2) is 40.4 Å². The summed E-state index contributed by atoms with van der Waals surface area (Å²) in [6, 6.07) is 0. The Labute approximate surface area is 95.6 Å². The Morgan fingerprint density at radius 2 is 1.20 bits per heavy atom. The van der Waals surface area contributed by atoms with Crippen molar-refractivity contribution in [2.75, 3.05) is 0 Å². The van der Waals surface area contributed by atoms with Crippen molar-refractivity contribution < 1.29 is 56.5 Å². The van der Waals surface area contributed by atoms with Gasteiger partial charge >= 0.3 is 23.1 Å². The fourth-order valence-electron chi connectivity index (χ4n) is 0. The molecular weight excluding hydrogens is 235 g/mol. The van der Waals surface area contributed by atoms with Gasteiger partial charge in [0.1, 0.15) is 0 Å². The van der Waals surface area contributed by atoms with E-state index in [4.69, 9.17) is 0 Å². The molecule has 0 aliphatic rings. The summed E-state index contributed by atoms with van der Waals surface area (Å²) in [7, 11) is 0. The van der Waals surface area contributed by atoms with Crippen LogP contribution in [0.3, 0.4) is 0 Å². The Bertz CT molecular complexity index is 17.7. The van der Waals surface area contributed by atoms with E-state index in [-0.39, 0.29) is 96.9 Å². The molecule has 0 aromatic carbocycles. The van der Waals surface area contributed by atoms with Gasteiger partial charge in [-0.15, -0.1) is 0 Å². The largest absolute Gasteiger partial charge is 2.00 e. The second kappa shape index (κ2) is 28.2. The van der Waals surface area contributed by atoms with Gasteiger partial charge in [-0.2, -0.15) is 0 Å². The van der Waals surface area contributed by atoms with E-state index < -0.39 is 0 Å². The fourth-order valence-corrected chi connectivity index (χ4v) is 0. The van der Waals surface area contributed by atoms with Gasteiger partial charge in [0, 0.05) is 71.0 Å². The molecule has 0 spiro atoms. The van der Waals surface area contributed by atoms with Crippen LogP contribution >= 0.6 is 0 Å². The fraction of sp³-hybridized carbons (Fsp3) is 0. The van der Waals surface area contributed by atoms with Crippen molar-refractivity contribution in [2.45, 2.75) is 0 Å². The topological polar surface area (TPSA) is 0 Å². The van der Waals surface area contributed by atoms with Gasteiger partial charge in [-0.1, -0.05) is 0 Å². The minimum Gasteiger partial charge on any atom is -1.00 e. The van der Waals surface area contributed by atoms with E-state index in [1.54, 1.807) is 0 Å². The Kier molecular flexibility index (Phi) is 248. The number of hydrogen-bond acceptors (Lipinski definition) is 0. The molecule has 5 heteroatoms. The minimum absolute atomic E-state index is 0. The van der Waals surface area contributed by atoms with Crippen molar-refractivity contribution in [1.29, 1.82) is 0 Å². The summed E-state index contributed by atoms with van der Waals surface area (Å²) in [5, 5.41) is 0. The Hall–Kier alpha value is 2.96. The Balaban J connectivity index is 0. The van der Waals surface area contributed by atoms with Gasteiger partial charge in [0.15, 0.2) is 0 Å². The van der Waals surface area contributed by atoms with Crippen LogP contribution in [0, 0.1) is 0 Å². The molecule has 0 unspecified atom stereocenters. The van der Waals surface area contributed by atoms with Gasteiger partial charge in [-0.05, 0) is 0 Å². The first-order valence-corrected chi connectivity index (χ1v) is 0. The molecule has 5 radical (unpaired) electrons. The third kappa shape index (κ3) is 19.5. The molecule has 0 fully saturated rings. The quantitative estimate of drug-likeness (QED) is 0.496. The maximum Gasteiger partial charge on any atom is 2.00 e. The van der Waals surface area contributed by atoms with Crippen LogP contribution in [0.25, 0.3) is 0 Å². The molecule has 0 saturated heterocycles. The molecule has 27 valence electrons. The van der Waals surface area contributed by atoms with Gasteiger partial charge in [-0.25, -0.2) is 0 Å². The molecule has 0 N–H and O–H groups in total. The molecule has 0 bridgehead atoms. The number of hydrogen-bond donors (Lipinski definition) is 0. The Morgan fingerprint density at radius 3 is 1.20 bits per heavy atom. The molecule has 0 amide bonds. The molecule has 0 heterocycles. The second-order valence-corrected chi connectivity index (χ2v) is 0. The van der Waals surface area contributed by atoms with Crippen molar-refractivity contribution in [3.63, 3.8) is 0 Å². The molecule has 0 aliphatic carbocycles. The van der Waals surface area contributed by atoms with Gasteiger partial charge in [0.05, 0.1) is 0 Å². The first kappa shape index (κ1) is 44.0. The van der Waals surface area contributed by atoms with E-state index in [1.807, 2.05) is 0 Å². The van der Waals surface area contributed by atoms with E-state index in [0.717, 1.165) is 0 Å². The average molecular weight is 237 g/mol. The standard InChI is InChI=1S/Al.Cu.Mg.Mn.Zn.2H/q;;+2;;;2*-1. The summed E-state index contributed by atoms with van der Waals surface area (Å²) >= 11 is 0. The predicted molar refractivity (Wildman–Crippen MR) is 13.7 cm³/mol. The first-order chi connectivity index (χ1) is 0. The molecule has 0 aliphatic heterocycles. The van der Waals surface area contributed by atoms with E-state index >= 15 is 0 Å². The average Bonchev–Trinajstić information content (AvgIpc) is 0. The van der Waals surface area contributed by atoms with Crippen LogP contribution in [0.2, 0.25) is 0 Å². The van der Waals surface area contributed by atoms with Gasteiger partial charge < -0.3 is 2.85 Å². The van der Waals surface area contributed by atoms with Crippen LogP contribution in [0.5, 0.6) is 0 Å². The van der Waals surface area contributed by atoms with Crippen molar-refractivity contribution >= 4 is 40.4 Å². The maximum absolute atomic E-state index is 0. The third-order valence-electron chi connectivity index (χ3n) is 0. The van der Waals surface area contributed by atoms with E-state index in [0.29, 0.717) is 0 Å². The summed E-state index contributed by atoms with van der Waals surface area (Å²) in [6.07, 6.45) is 0. The summed E-state index contributed by atoms with van der Waals surface area (Å²) in [6.45, 7) is 0. The molecule has 0 saturated carbocycles. The van der Waals surface area contributed by atoms with Crippen LogP contribution < -0.4 is 0 Å². The van der Waals surface area contributed by atoms with Crippen LogP contribution in [0.15, 0.2) is 0 Å².